The zero-order valence-electron chi connectivity index (χ0n) is 21.6. The van der Waals surface area contributed by atoms with E-state index >= 15 is 0 Å². The maximum atomic E-state index is 14.0. The highest BCUT2D eigenvalue weighted by atomic mass is 32.2. The van der Waals surface area contributed by atoms with Crippen molar-refractivity contribution in [2.24, 2.45) is 0 Å². The fourth-order valence-electron chi connectivity index (χ4n) is 4.39. The molecule has 4 aromatic rings. The molecule has 0 aliphatic carbocycles. The Balaban J connectivity index is 1.14. The lowest BCUT2D eigenvalue weighted by atomic mass is 10.1. The third kappa shape index (κ3) is 6.16. The Bertz CT molecular complexity index is 1620. The molecular formula is C27H27F2N5O4S2. The number of rotatable bonds is 9. The van der Waals surface area contributed by atoms with E-state index in [-0.39, 0.29) is 21.7 Å². The summed E-state index contributed by atoms with van der Waals surface area (Å²) < 4.78 is 61.4. The third-order valence-corrected chi connectivity index (χ3v) is 8.99. The molecule has 0 radical (unpaired) electrons. The fraction of sp³-hybridized carbons (Fsp3) is 0.259. The minimum Gasteiger partial charge on any atom is -0.497 e. The number of hydrogen-bond acceptors (Lipinski definition) is 8. The summed E-state index contributed by atoms with van der Waals surface area (Å²) in [6.45, 7) is 3.70. The number of piperazine rings is 1. The van der Waals surface area contributed by atoms with Crippen LogP contribution < -0.4 is 19.7 Å². The number of fused-ring (bicyclic) bond motifs is 1. The number of carbonyl (C=O) groups excluding carboxylic acids is 1. The Kier molecular flexibility index (Phi) is 8.14. The zero-order valence-corrected chi connectivity index (χ0v) is 23.2. The van der Waals surface area contributed by atoms with Crippen molar-refractivity contribution in [1.82, 2.24) is 15.2 Å². The standard InChI is InChI=1S/C27H27F2N5O4S2/c1-38-19-6-8-20(9-7-19)40(36,37)32-23-5-3-2-4-21(23)26(35)30-10-11-33-12-14-34(15-13-33)27-31-25-22(29)16-18(28)17-24(25)39-27/h2-9,16-17,32H,10-15H2,1H3,(H,30,35). The number of ether oxygens (including phenoxy) is 1. The number of nitrogens with one attached hydrogen (secondary N) is 2. The molecule has 1 aromatic heterocycles. The molecule has 3 aromatic carbocycles. The number of thiazole rings is 1. The highest BCUT2D eigenvalue weighted by molar-refractivity contribution is 7.92. The highest BCUT2D eigenvalue weighted by Crippen LogP contribution is 2.31. The Morgan fingerprint density at radius 2 is 1.77 bits per heavy atom. The first-order chi connectivity index (χ1) is 19.2. The van der Waals surface area contributed by atoms with Crippen LogP contribution in [0.15, 0.2) is 65.6 Å². The number of amides is 1. The van der Waals surface area contributed by atoms with Crippen LogP contribution in [0, 0.1) is 11.6 Å². The van der Waals surface area contributed by atoms with Gasteiger partial charge in [0.2, 0.25) is 0 Å². The maximum absolute atomic E-state index is 14.0. The smallest absolute Gasteiger partial charge is 0.261 e. The maximum Gasteiger partial charge on any atom is 0.261 e. The second kappa shape index (κ2) is 11.7. The Labute approximate surface area is 234 Å². The van der Waals surface area contributed by atoms with Gasteiger partial charge in [-0.1, -0.05) is 23.5 Å². The van der Waals surface area contributed by atoms with Gasteiger partial charge in [-0.2, -0.15) is 0 Å². The summed E-state index contributed by atoms with van der Waals surface area (Å²) in [5.74, 6) is -1.15. The molecule has 40 heavy (non-hydrogen) atoms. The SMILES string of the molecule is COc1ccc(S(=O)(=O)Nc2ccccc2C(=O)NCCN2CCN(c3nc4c(F)cc(F)cc4s3)CC2)cc1. The molecule has 0 spiro atoms. The molecule has 1 saturated heterocycles. The monoisotopic (exact) mass is 587 g/mol. The van der Waals surface area contributed by atoms with Crippen molar-refractivity contribution < 1.29 is 26.7 Å². The van der Waals surface area contributed by atoms with Gasteiger partial charge in [0, 0.05) is 45.3 Å². The Morgan fingerprint density at radius 3 is 2.50 bits per heavy atom. The summed E-state index contributed by atoms with van der Waals surface area (Å²) in [5, 5.41) is 3.52. The van der Waals surface area contributed by atoms with Gasteiger partial charge in [-0.05, 0) is 42.5 Å². The van der Waals surface area contributed by atoms with Crippen molar-refractivity contribution in [2.75, 3.05) is 56.0 Å². The molecule has 0 unspecified atom stereocenters. The molecule has 2 heterocycles. The van der Waals surface area contributed by atoms with E-state index in [1.807, 2.05) is 4.90 Å². The molecule has 0 saturated carbocycles. The predicted molar refractivity (Wildman–Crippen MR) is 151 cm³/mol. The predicted octanol–water partition coefficient (Wildman–Crippen LogP) is 3.94. The fourth-order valence-corrected chi connectivity index (χ4v) is 6.53. The second-order valence-corrected chi connectivity index (χ2v) is 11.8. The minimum atomic E-state index is -3.92. The van der Waals surface area contributed by atoms with E-state index in [9.17, 15) is 22.0 Å². The second-order valence-electron chi connectivity index (χ2n) is 9.14. The molecule has 13 heteroatoms. The van der Waals surface area contributed by atoms with E-state index < -0.39 is 27.6 Å². The van der Waals surface area contributed by atoms with Gasteiger partial charge in [-0.3, -0.25) is 14.4 Å². The van der Waals surface area contributed by atoms with E-state index in [2.05, 4.69) is 19.9 Å². The number of carbonyl (C=O) groups is 1. The van der Waals surface area contributed by atoms with Crippen LogP contribution in [0.1, 0.15) is 10.4 Å². The van der Waals surface area contributed by atoms with Gasteiger partial charge in [0.25, 0.3) is 15.9 Å². The topological polar surface area (TPSA) is 104 Å². The molecule has 0 bridgehead atoms. The quantitative estimate of drug-likeness (QED) is 0.306. The Morgan fingerprint density at radius 1 is 1.05 bits per heavy atom. The summed E-state index contributed by atoms with van der Waals surface area (Å²) in [6, 6.07) is 14.5. The highest BCUT2D eigenvalue weighted by Gasteiger charge is 2.22. The lowest BCUT2D eigenvalue weighted by Gasteiger charge is -2.34. The largest absolute Gasteiger partial charge is 0.497 e. The number of benzene rings is 3. The van der Waals surface area contributed by atoms with Gasteiger partial charge in [-0.25, -0.2) is 22.2 Å². The van der Waals surface area contributed by atoms with Gasteiger partial charge < -0.3 is 15.0 Å². The van der Waals surface area contributed by atoms with Crippen LogP contribution in [0.2, 0.25) is 0 Å². The van der Waals surface area contributed by atoms with Crippen LogP contribution in [0.5, 0.6) is 5.75 Å². The van der Waals surface area contributed by atoms with Crippen LogP contribution >= 0.6 is 11.3 Å². The zero-order chi connectivity index (χ0) is 28.3. The van der Waals surface area contributed by atoms with E-state index in [0.29, 0.717) is 54.8 Å². The minimum absolute atomic E-state index is 0.0470. The summed E-state index contributed by atoms with van der Waals surface area (Å²) in [4.78, 5) is 21.6. The van der Waals surface area contributed by atoms with E-state index in [4.69, 9.17) is 4.74 Å². The number of para-hydroxylation sites is 1. The summed E-state index contributed by atoms with van der Waals surface area (Å²) >= 11 is 1.26. The number of methoxy groups -OCH3 is 1. The van der Waals surface area contributed by atoms with E-state index in [1.54, 1.807) is 30.3 Å². The van der Waals surface area contributed by atoms with Crippen molar-refractivity contribution in [3.63, 3.8) is 0 Å². The molecule has 2 N–H and O–H groups in total. The lowest BCUT2D eigenvalue weighted by Crippen LogP contribution is -2.48. The molecule has 1 fully saturated rings. The molecule has 0 atom stereocenters. The van der Waals surface area contributed by atoms with Crippen LogP contribution in [0.3, 0.4) is 0 Å². The summed E-state index contributed by atoms with van der Waals surface area (Å²) in [6.07, 6.45) is 0. The first kappa shape index (κ1) is 27.7. The normalized spacial score (nSPS) is 14.3. The van der Waals surface area contributed by atoms with E-state index in [1.165, 1.54) is 42.7 Å². The van der Waals surface area contributed by atoms with Crippen molar-refractivity contribution in [3.05, 3.63) is 77.9 Å². The lowest BCUT2D eigenvalue weighted by molar-refractivity contribution is 0.0948. The molecule has 210 valence electrons. The number of hydrogen-bond donors (Lipinski definition) is 2. The van der Waals surface area contributed by atoms with Crippen molar-refractivity contribution in [2.45, 2.75) is 4.90 Å². The van der Waals surface area contributed by atoms with Gasteiger partial charge in [0.05, 0.1) is 28.0 Å². The molecule has 1 aliphatic rings. The van der Waals surface area contributed by atoms with Crippen molar-refractivity contribution >= 4 is 48.3 Å². The molecule has 1 aliphatic heterocycles. The Hall–Kier alpha value is -3.81. The van der Waals surface area contributed by atoms with Gasteiger partial charge in [0.15, 0.2) is 10.9 Å². The van der Waals surface area contributed by atoms with Crippen molar-refractivity contribution in [1.29, 1.82) is 0 Å². The molecule has 9 nitrogen and oxygen atoms in total. The first-order valence-electron chi connectivity index (χ1n) is 12.5. The van der Waals surface area contributed by atoms with Crippen LogP contribution in [0.25, 0.3) is 10.2 Å². The number of nitrogens with zero attached hydrogens (tertiary/aromatic N) is 3. The number of aromatic nitrogens is 1. The van der Waals surface area contributed by atoms with Gasteiger partial charge in [0.1, 0.15) is 17.1 Å². The first-order valence-corrected chi connectivity index (χ1v) is 14.8. The third-order valence-electron chi connectivity index (χ3n) is 6.54. The van der Waals surface area contributed by atoms with Crippen LogP contribution in [-0.2, 0) is 10.0 Å². The average Bonchev–Trinajstić information content (AvgIpc) is 3.38. The average molecular weight is 588 g/mol. The summed E-state index contributed by atoms with van der Waals surface area (Å²) in [7, 11) is -2.42. The summed E-state index contributed by atoms with van der Waals surface area (Å²) in [5.41, 5.74) is 0.568. The van der Waals surface area contributed by atoms with Crippen LogP contribution in [0.4, 0.5) is 19.6 Å². The molecule has 1 amide bonds. The van der Waals surface area contributed by atoms with Gasteiger partial charge in [-0.15, -0.1) is 0 Å². The number of halogens is 2. The van der Waals surface area contributed by atoms with E-state index in [0.717, 1.165) is 6.07 Å². The van der Waals surface area contributed by atoms with Crippen molar-refractivity contribution in [3.8, 4) is 5.75 Å². The molecular weight excluding hydrogens is 560 g/mol. The number of sulfonamides is 1. The van der Waals surface area contributed by atoms with Gasteiger partial charge >= 0.3 is 0 Å². The van der Waals surface area contributed by atoms with Crippen LogP contribution in [-0.4, -0.2) is 70.6 Å². The molecule has 5 rings (SSSR count). The number of anilines is 2.